The van der Waals surface area contributed by atoms with Gasteiger partial charge in [-0.2, -0.15) is 0 Å². The first-order chi connectivity index (χ1) is 15.9. The second kappa shape index (κ2) is 13.6. The minimum Gasteiger partial charge on any atom is -0.444 e. The molecule has 2 atom stereocenters. The molecule has 190 valence electrons. The van der Waals surface area contributed by atoms with Crippen molar-refractivity contribution in [1.82, 2.24) is 15.5 Å². The van der Waals surface area contributed by atoms with Crippen LogP contribution < -0.4 is 16.4 Å². The number of alkyl carbamates (subject to hydrolysis) is 1. The summed E-state index contributed by atoms with van der Waals surface area (Å²) < 4.78 is 5.27. The number of ether oxygens (including phenoxy) is 1. The molecule has 4 N–H and O–H groups in total. The number of nitrogens with zero attached hydrogens (tertiary/aromatic N) is 1. The minimum absolute atomic E-state index is 0.0174. The third kappa shape index (κ3) is 10.2. The second-order valence-corrected chi connectivity index (χ2v) is 9.46. The first-order valence-electron chi connectivity index (χ1n) is 11.7. The van der Waals surface area contributed by atoms with Crippen LogP contribution in [0.15, 0.2) is 24.3 Å². The highest BCUT2D eigenvalue weighted by molar-refractivity contribution is 5.92. The average molecular weight is 477 g/mol. The molecule has 0 aromatic heterocycles. The molecule has 9 heteroatoms. The molecule has 0 radical (unpaired) electrons. The Kier molecular flexibility index (Phi) is 11.5. The lowest BCUT2D eigenvalue weighted by Crippen LogP contribution is -2.52. The lowest BCUT2D eigenvalue weighted by Gasteiger charge is -2.31. The fraction of sp³-hybridized carbons (Fsp3) is 0.600. The molecule has 1 aromatic carbocycles. The molecule has 0 heterocycles. The van der Waals surface area contributed by atoms with Gasteiger partial charge in [-0.15, -0.1) is 0 Å². The van der Waals surface area contributed by atoms with Crippen molar-refractivity contribution in [2.24, 2.45) is 5.73 Å². The van der Waals surface area contributed by atoms with Gasteiger partial charge in [-0.25, -0.2) is 4.79 Å². The van der Waals surface area contributed by atoms with Gasteiger partial charge in [-0.3, -0.25) is 14.4 Å². The van der Waals surface area contributed by atoms with Gasteiger partial charge in [0, 0.05) is 20.0 Å². The van der Waals surface area contributed by atoms with Crippen LogP contribution in [0.1, 0.15) is 77.0 Å². The zero-order chi connectivity index (χ0) is 25.9. The summed E-state index contributed by atoms with van der Waals surface area (Å²) in [5.41, 5.74) is 6.16. The molecule has 4 amide bonds. The number of aryl methyl sites for hydroxylation is 1. The molecular formula is C25H40N4O5. The van der Waals surface area contributed by atoms with E-state index in [1.165, 1.54) is 11.9 Å². The van der Waals surface area contributed by atoms with Crippen LogP contribution in [0.25, 0.3) is 0 Å². The Morgan fingerprint density at radius 1 is 1.09 bits per heavy atom. The van der Waals surface area contributed by atoms with Crippen molar-refractivity contribution < 1.29 is 23.9 Å². The smallest absolute Gasteiger partial charge is 0.408 e. The molecule has 9 nitrogen and oxygen atoms in total. The molecule has 0 saturated heterocycles. The summed E-state index contributed by atoms with van der Waals surface area (Å²) in [6.45, 7) is 9.62. The van der Waals surface area contributed by atoms with Crippen LogP contribution in [-0.4, -0.2) is 54.0 Å². The number of nitrogens with one attached hydrogen (secondary N) is 2. The van der Waals surface area contributed by atoms with Crippen LogP contribution in [0.2, 0.25) is 0 Å². The van der Waals surface area contributed by atoms with Crippen LogP contribution in [-0.2, 0) is 19.1 Å². The van der Waals surface area contributed by atoms with Crippen LogP contribution >= 0.6 is 0 Å². The van der Waals surface area contributed by atoms with E-state index < -0.39 is 35.6 Å². The number of likely N-dealkylation sites (N-methyl/N-ethyl adjacent to an activating group) is 1. The monoisotopic (exact) mass is 476 g/mol. The minimum atomic E-state index is -1.09. The van der Waals surface area contributed by atoms with E-state index in [9.17, 15) is 19.2 Å². The van der Waals surface area contributed by atoms with E-state index in [-0.39, 0.29) is 18.7 Å². The highest BCUT2D eigenvalue weighted by atomic mass is 16.6. The van der Waals surface area contributed by atoms with Gasteiger partial charge in [0.1, 0.15) is 17.7 Å². The van der Waals surface area contributed by atoms with Crippen molar-refractivity contribution in [2.75, 3.05) is 13.6 Å². The average Bonchev–Trinajstić information content (AvgIpc) is 2.73. The number of nitrogens with two attached hydrogens (primary N) is 1. The van der Waals surface area contributed by atoms with Crippen LogP contribution in [0.4, 0.5) is 4.79 Å². The number of benzene rings is 1. The number of hydrogen-bond acceptors (Lipinski definition) is 5. The van der Waals surface area contributed by atoms with E-state index >= 15 is 0 Å². The SMILES string of the molecule is CCCCCNC(=O)C(c1ccc(C)cc1)N(C)C(=O)C(CCC(N)=O)NC(=O)OC(C)(C)C. The summed E-state index contributed by atoms with van der Waals surface area (Å²) in [6, 6.07) is 5.34. The first-order valence-corrected chi connectivity index (χ1v) is 11.7. The molecule has 0 spiro atoms. The zero-order valence-electron chi connectivity index (χ0n) is 21.3. The third-order valence-electron chi connectivity index (χ3n) is 5.12. The van der Waals surface area contributed by atoms with E-state index in [0.29, 0.717) is 12.1 Å². The summed E-state index contributed by atoms with van der Waals surface area (Å²) in [4.78, 5) is 51.6. The Morgan fingerprint density at radius 3 is 2.24 bits per heavy atom. The lowest BCUT2D eigenvalue weighted by molar-refractivity contribution is -0.141. The number of carbonyl (C=O) groups excluding carboxylic acids is 4. The molecule has 0 fully saturated rings. The highest BCUT2D eigenvalue weighted by Gasteiger charge is 2.34. The normalized spacial score (nSPS) is 12.9. The maximum Gasteiger partial charge on any atom is 0.408 e. The standard InChI is InChI=1S/C25H40N4O5/c1-7-8-9-16-27-22(31)21(18-12-10-17(2)11-13-18)29(6)23(32)19(14-15-20(26)30)28-24(33)34-25(3,4)5/h10-13,19,21H,7-9,14-16H2,1-6H3,(H2,26,30)(H,27,31)(H,28,33). The zero-order valence-corrected chi connectivity index (χ0v) is 21.3. The molecule has 2 unspecified atom stereocenters. The van der Waals surface area contributed by atoms with Gasteiger partial charge in [0.05, 0.1) is 0 Å². The summed E-state index contributed by atoms with van der Waals surface area (Å²) >= 11 is 0. The molecule has 0 aliphatic heterocycles. The van der Waals surface area contributed by atoms with Gasteiger partial charge in [0.15, 0.2) is 0 Å². The second-order valence-electron chi connectivity index (χ2n) is 9.46. The Bertz CT molecular complexity index is 833. The van der Waals surface area contributed by atoms with E-state index in [4.69, 9.17) is 10.5 Å². The first kappa shape index (κ1) is 28.9. The van der Waals surface area contributed by atoms with E-state index in [1.54, 1.807) is 32.9 Å². The topological polar surface area (TPSA) is 131 Å². The predicted octanol–water partition coefficient (Wildman–Crippen LogP) is 2.96. The Morgan fingerprint density at radius 2 is 1.71 bits per heavy atom. The van der Waals surface area contributed by atoms with Gasteiger partial charge >= 0.3 is 6.09 Å². The van der Waals surface area contributed by atoms with Crippen molar-refractivity contribution in [2.45, 2.75) is 84.4 Å². The number of primary amides is 1. The molecule has 34 heavy (non-hydrogen) atoms. The Balaban J connectivity index is 3.16. The molecular weight excluding hydrogens is 436 g/mol. The molecule has 0 bridgehead atoms. The third-order valence-corrected chi connectivity index (χ3v) is 5.12. The summed E-state index contributed by atoms with van der Waals surface area (Å²) in [5.74, 6) is -1.45. The molecule has 0 aliphatic carbocycles. The maximum absolute atomic E-state index is 13.4. The Labute approximate surface area is 202 Å². The molecule has 0 saturated carbocycles. The van der Waals surface area contributed by atoms with E-state index in [0.717, 1.165) is 24.8 Å². The van der Waals surface area contributed by atoms with Crippen molar-refractivity contribution >= 4 is 23.8 Å². The van der Waals surface area contributed by atoms with Crippen LogP contribution in [0.3, 0.4) is 0 Å². The number of amides is 4. The van der Waals surface area contributed by atoms with E-state index in [2.05, 4.69) is 17.6 Å². The van der Waals surface area contributed by atoms with Crippen molar-refractivity contribution in [1.29, 1.82) is 0 Å². The van der Waals surface area contributed by atoms with Gasteiger partial charge in [0.2, 0.25) is 17.7 Å². The lowest BCUT2D eigenvalue weighted by atomic mass is 10.0. The van der Waals surface area contributed by atoms with Crippen molar-refractivity contribution in [3.05, 3.63) is 35.4 Å². The quantitative estimate of drug-likeness (QED) is 0.399. The van der Waals surface area contributed by atoms with Crippen molar-refractivity contribution in [3.8, 4) is 0 Å². The number of unbranched alkanes of at least 4 members (excludes halogenated alkanes) is 2. The van der Waals surface area contributed by atoms with Crippen LogP contribution in [0, 0.1) is 6.92 Å². The van der Waals surface area contributed by atoms with Gasteiger partial charge in [-0.1, -0.05) is 49.6 Å². The molecule has 1 aromatic rings. The molecule has 1 rings (SSSR count). The number of rotatable bonds is 12. The summed E-state index contributed by atoms with van der Waals surface area (Å²) in [7, 11) is 1.51. The predicted molar refractivity (Wildman–Crippen MR) is 131 cm³/mol. The summed E-state index contributed by atoms with van der Waals surface area (Å²) in [5, 5.41) is 5.44. The Hall–Kier alpha value is -3.10. The van der Waals surface area contributed by atoms with Gasteiger partial charge in [-0.05, 0) is 46.1 Å². The van der Waals surface area contributed by atoms with Gasteiger partial charge < -0.3 is 26.0 Å². The number of carbonyl (C=O) groups is 4. The van der Waals surface area contributed by atoms with Crippen LogP contribution in [0.5, 0.6) is 0 Å². The fourth-order valence-corrected chi connectivity index (χ4v) is 3.35. The number of hydrogen-bond donors (Lipinski definition) is 3. The maximum atomic E-state index is 13.4. The highest BCUT2D eigenvalue weighted by Crippen LogP contribution is 2.22. The largest absolute Gasteiger partial charge is 0.444 e. The van der Waals surface area contributed by atoms with E-state index in [1.807, 2.05) is 19.1 Å². The van der Waals surface area contributed by atoms with Gasteiger partial charge in [0.25, 0.3) is 0 Å². The summed E-state index contributed by atoms with van der Waals surface area (Å²) in [6.07, 6.45) is 1.92. The van der Waals surface area contributed by atoms with Crippen molar-refractivity contribution in [3.63, 3.8) is 0 Å². The fourth-order valence-electron chi connectivity index (χ4n) is 3.35. The molecule has 0 aliphatic rings.